The number of carbonyl (C=O) groups excluding carboxylic acids is 1. The van der Waals surface area contributed by atoms with Gasteiger partial charge in [-0.1, -0.05) is 0 Å². The smallest absolute Gasteiger partial charge is 0.161 e. The molecule has 1 saturated heterocycles. The highest BCUT2D eigenvalue weighted by Gasteiger charge is 2.21. The average Bonchev–Trinajstić information content (AvgIpc) is 2.39. The van der Waals surface area contributed by atoms with Crippen molar-refractivity contribution in [2.75, 3.05) is 24.6 Å². The van der Waals surface area contributed by atoms with Crippen LogP contribution in [0.4, 0.5) is 5.82 Å². The number of nitriles is 1. The number of nitrogens with zero attached hydrogens (tertiary/aromatic N) is 3. The number of hydrogen-bond donors (Lipinski definition) is 0. The number of pyridine rings is 1. The Morgan fingerprint density at radius 1 is 1.71 bits per heavy atom. The van der Waals surface area contributed by atoms with Crippen LogP contribution in [0.1, 0.15) is 17.3 Å². The third-order valence-electron chi connectivity index (χ3n) is 2.69. The fraction of sp³-hybridized carbons (Fsp3) is 0.417. The molecule has 1 aromatic rings. The van der Waals surface area contributed by atoms with Gasteiger partial charge in [-0.15, -0.1) is 0 Å². The molecule has 88 valence electrons. The molecule has 1 aromatic heterocycles. The van der Waals surface area contributed by atoms with Gasteiger partial charge in [0, 0.05) is 18.3 Å². The molecular weight excluding hydrogens is 218 g/mol. The van der Waals surface area contributed by atoms with Gasteiger partial charge in [0.1, 0.15) is 5.82 Å². The van der Waals surface area contributed by atoms with Crippen LogP contribution in [0.3, 0.4) is 0 Å². The maximum atomic E-state index is 11.3. The van der Waals surface area contributed by atoms with Crippen LogP contribution >= 0.6 is 0 Å². The Morgan fingerprint density at radius 2 is 2.53 bits per heavy atom. The number of aromatic nitrogens is 1. The van der Waals surface area contributed by atoms with Gasteiger partial charge in [-0.25, -0.2) is 4.98 Å². The van der Waals surface area contributed by atoms with Gasteiger partial charge in [0.2, 0.25) is 0 Å². The monoisotopic (exact) mass is 231 g/mol. The van der Waals surface area contributed by atoms with Gasteiger partial charge < -0.3 is 9.64 Å². The normalized spacial score (nSPS) is 19.8. The number of morpholine rings is 1. The molecule has 1 aliphatic rings. The van der Waals surface area contributed by atoms with Crippen molar-refractivity contribution in [3.8, 4) is 6.07 Å². The van der Waals surface area contributed by atoms with Gasteiger partial charge in [0.05, 0.1) is 19.2 Å². The predicted molar refractivity (Wildman–Crippen MR) is 61.8 cm³/mol. The molecular formula is C12H13N3O2. The lowest BCUT2D eigenvalue weighted by atomic mass is 10.2. The molecule has 0 aromatic carbocycles. The van der Waals surface area contributed by atoms with E-state index in [9.17, 15) is 4.79 Å². The molecule has 5 nitrogen and oxygen atoms in total. The summed E-state index contributed by atoms with van der Waals surface area (Å²) in [5.41, 5.74) is 0.634. The summed E-state index contributed by atoms with van der Waals surface area (Å²) >= 11 is 0. The number of anilines is 1. The van der Waals surface area contributed by atoms with Crippen LogP contribution in [0.15, 0.2) is 18.3 Å². The van der Waals surface area contributed by atoms with Crippen molar-refractivity contribution in [1.82, 2.24) is 4.98 Å². The second-order valence-corrected chi connectivity index (χ2v) is 3.89. The maximum Gasteiger partial charge on any atom is 0.161 e. The van der Waals surface area contributed by atoms with Crippen LogP contribution in [0.25, 0.3) is 0 Å². The molecule has 1 fully saturated rings. The second-order valence-electron chi connectivity index (χ2n) is 3.89. The minimum absolute atomic E-state index is 0.0127. The first kappa shape index (κ1) is 11.6. The minimum atomic E-state index is -0.425. The highest BCUT2D eigenvalue weighted by Crippen LogP contribution is 2.16. The molecule has 1 unspecified atom stereocenters. The molecule has 1 atom stereocenters. The number of hydrogen-bond acceptors (Lipinski definition) is 5. The first-order valence-corrected chi connectivity index (χ1v) is 5.44. The summed E-state index contributed by atoms with van der Waals surface area (Å²) in [6.07, 6.45) is 1.19. The first-order chi connectivity index (χ1) is 8.20. The van der Waals surface area contributed by atoms with Crippen LogP contribution in [-0.2, 0) is 4.74 Å². The maximum absolute atomic E-state index is 11.3. The van der Waals surface area contributed by atoms with E-state index in [-0.39, 0.29) is 5.78 Å². The molecule has 0 saturated carbocycles. The quantitative estimate of drug-likeness (QED) is 0.711. The van der Waals surface area contributed by atoms with Crippen LogP contribution < -0.4 is 4.90 Å². The van der Waals surface area contributed by atoms with Gasteiger partial charge in [0.15, 0.2) is 11.9 Å². The molecule has 0 N–H and O–H groups in total. The largest absolute Gasteiger partial charge is 0.360 e. The SMILES string of the molecule is CC(=O)c1ccnc(N2CCOC(C#N)C2)c1. The standard InChI is InChI=1S/C12H13N3O2/c1-9(16)10-2-3-14-12(6-10)15-4-5-17-11(7-13)8-15/h2-3,6,11H,4-5,8H2,1H3. The van der Waals surface area contributed by atoms with Crippen molar-refractivity contribution in [3.05, 3.63) is 23.9 Å². The summed E-state index contributed by atoms with van der Waals surface area (Å²) in [5.74, 6) is 0.736. The van der Waals surface area contributed by atoms with Gasteiger partial charge in [-0.05, 0) is 19.1 Å². The first-order valence-electron chi connectivity index (χ1n) is 5.44. The molecule has 0 spiro atoms. The van der Waals surface area contributed by atoms with Crippen LogP contribution in [0, 0.1) is 11.3 Å². The zero-order valence-corrected chi connectivity index (χ0v) is 9.59. The van der Waals surface area contributed by atoms with Crippen molar-refractivity contribution in [1.29, 1.82) is 5.26 Å². The van der Waals surface area contributed by atoms with Gasteiger partial charge in [0.25, 0.3) is 0 Å². The van der Waals surface area contributed by atoms with Crippen molar-refractivity contribution in [3.63, 3.8) is 0 Å². The minimum Gasteiger partial charge on any atom is -0.360 e. The van der Waals surface area contributed by atoms with Crippen LogP contribution in [0.2, 0.25) is 0 Å². The molecule has 17 heavy (non-hydrogen) atoms. The Bertz CT molecular complexity index is 467. The van der Waals surface area contributed by atoms with Gasteiger partial charge in [-0.3, -0.25) is 4.79 Å². The summed E-state index contributed by atoms with van der Waals surface area (Å²) in [6, 6.07) is 5.52. The molecule has 5 heteroatoms. The Labute approximate surface area is 99.6 Å². The number of ketones is 1. The van der Waals surface area contributed by atoms with E-state index in [0.717, 1.165) is 5.82 Å². The van der Waals surface area contributed by atoms with Crippen molar-refractivity contribution >= 4 is 11.6 Å². The summed E-state index contributed by atoms with van der Waals surface area (Å²) < 4.78 is 5.26. The third-order valence-corrected chi connectivity index (χ3v) is 2.69. The number of Topliss-reactive ketones (excluding diaryl/α,β-unsaturated/α-hetero) is 1. The second kappa shape index (κ2) is 4.93. The van der Waals surface area contributed by atoms with E-state index in [1.54, 1.807) is 18.3 Å². The fourth-order valence-electron chi connectivity index (χ4n) is 1.75. The Hall–Kier alpha value is -1.93. The number of ether oxygens (including phenoxy) is 1. The van der Waals surface area contributed by atoms with Crippen LogP contribution in [-0.4, -0.2) is 36.6 Å². The molecule has 2 heterocycles. The fourth-order valence-corrected chi connectivity index (χ4v) is 1.75. The summed E-state index contributed by atoms with van der Waals surface area (Å²) in [4.78, 5) is 17.5. The molecule has 0 aliphatic carbocycles. The predicted octanol–water partition coefficient (Wildman–Crippen LogP) is 1.01. The van der Waals surface area contributed by atoms with E-state index >= 15 is 0 Å². The molecule has 1 aliphatic heterocycles. The molecule has 0 amide bonds. The van der Waals surface area contributed by atoms with E-state index in [1.165, 1.54) is 6.92 Å². The lowest BCUT2D eigenvalue weighted by Crippen LogP contribution is -2.42. The van der Waals surface area contributed by atoms with Crippen LogP contribution in [0.5, 0.6) is 0 Å². The van der Waals surface area contributed by atoms with Gasteiger partial charge in [-0.2, -0.15) is 5.26 Å². The van der Waals surface area contributed by atoms with E-state index in [2.05, 4.69) is 11.1 Å². The summed E-state index contributed by atoms with van der Waals surface area (Å²) in [5, 5.41) is 8.82. The van der Waals surface area contributed by atoms with E-state index in [1.807, 2.05) is 4.90 Å². The summed E-state index contributed by atoms with van der Waals surface area (Å²) in [6.45, 7) is 3.21. The van der Waals surface area contributed by atoms with Crippen molar-refractivity contribution in [2.45, 2.75) is 13.0 Å². The average molecular weight is 231 g/mol. The summed E-state index contributed by atoms with van der Waals surface area (Å²) in [7, 11) is 0. The van der Waals surface area contributed by atoms with E-state index < -0.39 is 6.10 Å². The van der Waals surface area contributed by atoms with Crippen molar-refractivity contribution in [2.24, 2.45) is 0 Å². The number of rotatable bonds is 2. The lowest BCUT2D eigenvalue weighted by Gasteiger charge is -2.30. The number of carbonyl (C=O) groups is 1. The lowest BCUT2D eigenvalue weighted by molar-refractivity contribution is 0.0761. The zero-order chi connectivity index (χ0) is 12.3. The highest BCUT2D eigenvalue weighted by atomic mass is 16.5. The Balaban J connectivity index is 2.19. The molecule has 2 rings (SSSR count). The molecule has 0 radical (unpaired) electrons. The zero-order valence-electron chi connectivity index (χ0n) is 9.59. The van der Waals surface area contributed by atoms with Crippen molar-refractivity contribution < 1.29 is 9.53 Å². The third kappa shape index (κ3) is 2.60. The van der Waals surface area contributed by atoms with Gasteiger partial charge >= 0.3 is 0 Å². The van der Waals surface area contributed by atoms with E-state index in [4.69, 9.17) is 10.00 Å². The van der Waals surface area contributed by atoms with E-state index in [0.29, 0.717) is 25.3 Å². The Kier molecular flexibility index (Phi) is 3.35. The topological polar surface area (TPSA) is 66.2 Å². The highest BCUT2D eigenvalue weighted by molar-refractivity contribution is 5.94. The Morgan fingerprint density at radius 3 is 3.24 bits per heavy atom. The molecule has 0 bridgehead atoms.